The summed E-state index contributed by atoms with van der Waals surface area (Å²) in [6.07, 6.45) is 0. The molecule has 1 nitrogen and oxygen atoms in total. The van der Waals surface area contributed by atoms with E-state index < -0.39 is 0 Å². The predicted octanol–water partition coefficient (Wildman–Crippen LogP) is 2.75. The van der Waals surface area contributed by atoms with Gasteiger partial charge in [-0.3, -0.25) is 0 Å². The van der Waals surface area contributed by atoms with Crippen LogP contribution in [0, 0.1) is 6.92 Å². The van der Waals surface area contributed by atoms with Crippen LogP contribution in [-0.4, -0.2) is 25.4 Å². The molecule has 0 radical (unpaired) electrons. The van der Waals surface area contributed by atoms with E-state index in [9.17, 15) is 0 Å². The third-order valence-electron chi connectivity index (χ3n) is 2.47. The molecular weight excluding hydrogens is 286 g/mol. The Bertz CT molecular complexity index is 610. The fourth-order valence-corrected chi connectivity index (χ4v) is 3.74. The molecule has 14 heavy (non-hydrogen) atoms. The van der Waals surface area contributed by atoms with Crippen molar-refractivity contribution < 1.29 is 0 Å². The second-order valence-corrected chi connectivity index (χ2v) is 6.02. The maximum absolute atomic E-state index is 4.50. The normalized spacial score (nSPS) is 11.2. The van der Waals surface area contributed by atoms with Crippen molar-refractivity contribution in [3.63, 3.8) is 0 Å². The van der Waals surface area contributed by atoms with Crippen LogP contribution in [0.2, 0.25) is 0 Å². The van der Waals surface area contributed by atoms with Gasteiger partial charge in [-0.15, -0.1) is 0 Å². The first-order chi connectivity index (χ1) is 6.84. The summed E-state index contributed by atoms with van der Waals surface area (Å²) >= 11 is -0.125. The van der Waals surface area contributed by atoms with Crippen molar-refractivity contribution >= 4 is 40.1 Å². The Kier molecular flexibility index (Phi) is 1.86. The maximum atomic E-state index is 4.50. The summed E-state index contributed by atoms with van der Waals surface area (Å²) in [4.78, 5) is 4.50. The number of aromatic nitrogens is 1. The van der Waals surface area contributed by atoms with Crippen molar-refractivity contribution in [2.45, 2.75) is 6.92 Å². The van der Waals surface area contributed by atoms with Crippen LogP contribution < -0.4 is 0 Å². The van der Waals surface area contributed by atoms with Crippen LogP contribution in [0.4, 0.5) is 0 Å². The van der Waals surface area contributed by atoms with E-state index in [0.717, 1.165) is 0 Å². The number of aryl methyl sites for hydroxylation is 1. The van der Waals surface area contributed by atoms with E-state index in [4.69, 9.17) is 0 Å². The molecule has 0 unspecified atom stereocenters. The van der Waals surface area contributed by atoms with Gasteiger partial charge in [-0.25, -0.2) is 0 Å². The molecule has 0 aliphatic carbocycles. The third-order valence-corrected chi connectivity index (χ3v) is 4.74. The molecule has 0 spiro atoms. The quantitative estimate of drug-likeness (QED) is 0.581. The second kappa shape index (κ2) is 3.08. The van der Waals surface area contributed by atoms with Gasteiger partial charge in [-0.2, -0.15) is 0 Å². The fourth-order valence-electron chi connectivity index (χ4n) is 1.76. The number of nitrogens with zero attached hydrogens (tertiary/aromatic N) is 1. The summed E-state index contributed by atoms with van der Waals surface area (Å²) in [7, 11) is 0. The molecule has 2 aromatic carbocycles. The summed E-state index contributed by atoms with van der Waals surface area (Å²) < 4.78 is 3.60. The Morgan fingerprint density at radius 2 is 2.00 bits per heavy atom. The van der Waals surface area contributed by atoms with Gasteiger partial charge in [0.15, 0.2) is 0 Å². The molecule has 0 fully saturated rings. The molecule has 1 heterocycles. The minimum absolute atomic E-state index is 0.125. The van der Waals surface area contributed by atoms with E-state index in [1.165, 1.54) is 25.3 Å². The molecule has 1 aromatic heterocycles. The van der Waals surface area contributed by atoms with Crippen LogP contribution in [0.1, 0.15) is 5.56 Å². The average Bonchev–Trinajstić information content (AvgIpc) is 2.65. The number of rotatable bonds is 0. The van der Waals surface area contributed by atoms with E-state index in [0.29, 0.717) is 0 Å². The number of hydrogen-bond acceptors (Lipinski definition) is 1. The molecule has 0 aliphatic rings. The van der Waals surface area contributed by atoms with Gasteiger partial charge in [0.2, 0.25) is 0 Å². The molecule has 3 rings (SSSR count). The van der Waals surface area contributed by atoms with Crippen LogP contribution in [0.25, 0.3) is 19.7 Å². The molecule has 2 heteroatoms. The molecule has 68 valence electrons. The first kappa shape index (κ1) is 8.47. The molecule has 0 N–H and O–H groups in total. The number of hydrogen-bond donors (Lipinski definition) is 0. The van der Waals surface area contributed by atoms with Crippen molar-refractivity contribution in [2.75, 3.05) is 0 Å². The molecule has 0 bridgehead atoms. The van der Waals surface area contributed by atoms with Gasteiger partial charge in [-0.05, 0) is 0 Å². The summed E-state index contributed by atoms with van der Waals surface area (Å²) in [6.45, 7) is 2.13. The summed E-state index contributed by atoms with van der Waals surface area (Å²) in [6, 6.07) is 11.0. The van der Waals surface area contributed by atoms with E-state index in [-0.39, 0.29) is 20.4 Å². The first-order valence-electron chi connectivity index (χ1n) is 4.57. The monoisotopic (exact) mass is 297 g/mol. The third kappa shape index (κ3) is 1.19. The van der Waals surface area contributed by atoms with E-state index >= 15 is 0 Å². The summed E-state index contributed by atoms with van der Waals surface area (Å²) in [5.74, 6) is 0. The van der Waals surface area contributed by atoms with Gasteiger partial charge >= 0.3 is 92.1 Å². The standard InChI is InChI=1S/C12H9NTe/c1-8-2-3-9-4-5-11-12(10(9)6-8)13-7-14-11/h2-7H,1H3. The van der Waals surface area contributed by atoms with Gasteiger partial charge in [0.25, 0.3) is 0 Å². The summed E-state index contributed by atoms with van der Waals surface area (Å²) in [5, 5.41) is 2.63. The summed E-state index contributed by atoms with van der Waals surface area (Å²) in [5.41, 5.74) is 2.54. The molecular formula is C12H9NTe. The van der Waals surface area contributed by atoms with Crippen LogP contribution >= 0.6 is 0 Å². The zero-order chi connectivity index (χ0) is 9.54. The first-order valence-corrected chi connectivity index (χ1v) is 7.08. The fraction of sp³-hybridized carbons (Fsp3) is 0.0833. The molecule has 0 saturated carbocycles. The van der Waals surface area contributed by atoms with Gasteiger partial charge in [0.1, 0.15) is 0 Å². The molecule has 0 aliphatic heterocycles. The van der Waals surface area contributed by atoms with Crippen molar-refractivity contribution in [3.05, 3.63) is 40.1 Å². The molecule has 0 amide bonds. The van der Waals surface area contributed by atoms with Gasteiger partial charge in [-0.1, -0.05) is 0 Å². The van der Waals surface area contributed by atoms with Gasteiger partial charge < -0.3 is 0 Å². The predicted molar refractivity (Wildman–Crippen MR) is 60.9 cm³/mol. The molecule has 0 saturated heterocycles. The van der Waals surface area contributed by atoms with Crippen LogP contribution in [-0.2, 0) is 0 Å². The van der Waals surface area contributed by atoms with E-state index in [1.807, 2.05) is 0 Å². The Labute approximate surface area is 92.0 Å². The minimum atomic E-state index is -0.125. The second-order valence-electron chi connectivity index (χ2n) is 3.49. The average molecular weight is 295 g/mol. The Hall–Kier alpha value is -0.840. The Morgan fingerprint density at radius 3 is 2.93 bits per heavy atom. The van der Waals surface area contributed by atoms with E-state index in [1.54, 1.807) is 0 Å². The number of benzene rings is 2. The van der Waals surface area contributed by atoms with Crippen molar-refractivity contribution in [1.29, 1.82) is 0 Å². The SMILES string of the molecule is Cc1ccc2ccc3[te]cnc3c2c1. The van der Waals surface area contributed by atoms with Crippen LogP contribution in [0.15, 0.2) is 34.5 Å². The zero-order valence-electron chi connectivity index (χ0n) is 7.82. The van der Waals surface area contributed by atoms with Crippen LogP contribution in [0.5, 0.6) is 0 Å². The zero-order valence-corrected chi connectivity index (χ0v) is 10.1. The van der Waals surface area contributed by atoms with Crippen molar-refractivity contribution in [3.8, 4) is 0 Å². The van der Waals surface area contributed by atoms with Gasteiger partial charge in [0.05, 0.1) is 0 Å². The number of fused-ring (bicyclic) bond motifs is 3. The van der Waals surface area contributed by atoms with Crippen LogP contribution in [0.3, 0.4) is 0 Å². The topological polar surface area (TPSA) is 12.9 Å². The Morgan fingerprint density at radius 1 is 1.14 bits per heavy atom. The Balaban J connectivity index is 2.60. The van der Waals surface area contributed by atoms with E-state index in [2.05, 4.69) is 46.5 Å². The van der Waals surface area contributed by atoms with Crippen molar-refractivity contribution in [1.82, 2.24) is 4.98 Å². The molecule has 3 aromatic rings. The van der Waals surface area contributed by atoms with Crippen molar-refractivity contribution in [2.24, 2.45) is 0 Å². The molecule has 0 atom stereocenters. The van der Waals surface area contributed by atoms with Gasteiger partial charge in [0, 0.05) is 0 Å².